The van der Waals surface area contributed by atoms with Gasteiger partial charge in [-0.15, -0.1) is 0 Å². The van der Waals surface area contributed by atoms with Crippen molar-refractivity contribution in [2.24, 2.45) is 0 Å². The number of ether oxygens (including phenoxy) is 1. The minimum atomic E-state index is -1.28. The van der Waals surface area contributed by atoms with Crippen LogP contribution in [0.25, 0.3) is 43.1 Å². The molecule has 410 valence electrons. The molecule has 81 heavy (non-hydrogen) atoms. The number of rotatable bonds is 14. The molecule has 1 aliphatic rings. The zero-order valence-electron chi connectivity index (χ0n) is 44.3. The Kier molecular flexibility index (Phi) is 17.1. The molecule has 1 atom stereocenters. The summed E-state index contributed by atoms with van der Waals surface area (Å²) in [5.74, 6) is -5.68. The lowest BCUT2D eigenvalue weighted by molar-refractivity contribution is 0.0682. The molecule has 0 bridgehead atoms. The average molecular weight is 1090 g/mol. The van der Waals surface area contributed by atoms with E-state index in [1.165, 1.54) is 67.7 Å². The van der Waals surface area contributed by atoms with E-state index in [9.17, 15) is 60.0 Å². The number of fused-ring (bicyclic) bond motifs is 4. The van der Waals surface area contributed by atoms with E-state index in [1.54, 1.807) is 97.1 Å². The average Bonchev–Trinajstić information content (AvgIpc) is 3.66. The van der Waals surface area contributed by atoms with Crippen LogP contribution >= 0.6 is 0 Å². The number of likely N-dealkylation sites (tertiary alicyclic amines) is 1. The Morgan fingerprint density at radius 2 is 0.741 bits per heavy atom. The molecule has 0 aromatic heterocycles. The van der Waals surface area contributed by atoms with Crippen LogP contribution in [0.15, 0.2) is 176 Å². The number of hydrogen-bond acceptors (Lipinski definition) is 10. The lowest BCUT2D eigenvalue weighted by Crippen LogP contribution is -2.40. The Morgan fingerprint density at radius 3 is 1.10 bits per heavy atom. The molecule has 14 heteroatoms. The number of carboxylic acid groups (broad SMARTS) is 4. The molecule has 1 fully saturated rings. The minimum Gasteiger partial charge on any atom is -0.507 e. The molecule has 1 saturated heterocycles. The Balaban J connectivity index is 0.000000148. The number of hydrogen-bond donors (Lipinski definition) is 8. The number of piperidine rings is 1. The third-order valence-corrected chi connectivity index (χ3v) is 14.8. The second-order valence-electron chi connectivity index (χ2n) is 20.0. The molecule has 10 aromatic carbocycles. The summed E-state index contributed by atoms with van der Waals surface area (Å²) in [5, 5.41) is 85.6. The number of carboxylic acids is 4. The molecular formula is C67H59NO13. The molecule has 0 saturated carbocycles. The van der Waals surface area contributed by atoms with Crippen LogP contribution in [0.5, 0.6) is 28.7 Å². The van der Waals surface area contributed by atoms with Crippen LogP contribution in [0.4, 0.5) is 0 Å². The van der Waals surface area contributed by atoms with Gasteiger partial charge >= 0.3 is 23.9 Å². The third kappa shape index (κ3) is 12.4. The van der Waals surface area contributed by atoms with Gasteiger partial charge in [-0.25, -0.2) is 19.2 Å². The zero-order valence-corrected chi connectivity index (χ0v) is 44.3. The molecule has 1 unspecified atom stereocenters. The zero-order chi connectivity index (χ0) is 57.3. The molecule has 1 aliphatic heterocycles. The molecule has 0 amide bonds. The van der Waals surface area contributed by atoms with E-state index in [-0.39, 0.29) is 35.1 Å². The van der Waals surface area contributed by atoms with E-state index in [4.69, 9.17) is 4.74 Å². The fourth-order valence-corrected chi connectivity index (χ4v) is 10.6. The first kappa shape index (κ1) is 55.8. The van der Waals surface area contributed by atoms with Crippen molar-refractivity contribution >= 4 is 67.0 Å². The highest BCUT2D eigenvalue weighted by Crippen LogP contribution is 2.41. The second kappa shape index (κ2) is 24.8. The van der Waals surface area contributed by atoms with E-state index in [0.29, 0.717) is 71.4 Å². The van der Waals surface area contributed by atoms with E-state index in [2.05, 4.69) is 66.4 Å². The summed E-state index contributed by atoms with van der Waals surface area (Å²) in [6.45, 7) is 5.49. The molecule has 11 rings (SSSR count). The maximum atomic E-state index is 11.6. The first-order valence-corrected chi connectivity index (χ1v) is 26.5. The smallest absolute Gasteiger partial charge is 0.339 e. The van der Waals surface area contributed by atoms with Gasteiger partial charge in [-0.2, -0.15) is 0 Å². The van der Waals surface area contributed by atoms with Crippen LogP contribution < -0.4 is 4.74 Å². The molecule has 1 heterocycles. The monoisotopic (exact) mass is 1090 g/mol. The molecule has 0 aliphatic carbocycles. The van der Waals surface area contributed by atoms with Gasteiger partial charge in [0.1, 0.15) is 57.6 Å². The summed E-state index contributed by atoms with van der Waals surface area (Å²) < 4.78 is 6.18. The number of nitrogens with zero attached hydrogens (tertiary/aromatic N) is 1. The fraction of sp³-hybridized carbons (Fsp3) is 0.164. The van der Waals surface area contributed by atoms with Gasteiger partial charge in [0.2, 0.25) is 0 Å². The van der Waals surface area contributed by atoms with Crippen molar-refractivity contribution in [2.75, 3.05) is 19.7 Å². The minimum absolute atomic E-state index is 0.0407. The van der Waals surface area contributed by atoms with Gasteiger partial charge in [-0.1, -0.05) is 152 Å². The lowest BCUT2D eigenvalue weighted by atomic mass is 9.90. The maximum Gasteiger partial charge on any atom is 0.339 e. The van der Waals surface area contributed by atoms with Gasteiger partial charge in [0.25, 0.3) is 0 Å². The first-order valence-electron chi connectivity index (χ1n) is 26.5. The topological polar surface area (TPSA) is 243 Å². The predicted octanol–water partition coefficient (Wildman–Crippen LogP) is 13.3. The summed E-state index contributed by atoms with van der Waals surface area (Å²) in [4.78, 5) is 49.0. The number of benzene rings is 10. The standard InChI is InChI=1S/2C23H16O6.C21H27NO/c2*24-20-16(14-7-3-1-5-12(14)9-18(20)22(26)27)11-17-15-8-4-2-6-13(15)10-19(21(17)25)23(28)29;1-18(22-14-8-3-9-15-22)17-23-21-13-7-6-12-20(21)16-19-10-4-2-5-11-19/h2*1-10,24-25H,11H2,(H,26,27)(H,28,29);2,4-7,10-13,18H,3,8-9,14-17H2,1H3. The van der Waals surface area contributed by atoms with Crippen LogP contribution in [0.1, 0.15) is 101 Å². The van der Waals surface area contributed by atoms with Crippen LogP contribution in [0.2, 0.25) is 0 Å². The van der Waals surface area contributed by atoms with Crippen molar-refractivity contribution in [3.05, 3.63) is 232 Å². The van der Waals surface area contributed by atoms with Gasteiger partial charge < -0.3 is 45.6 Å². The fourth-order valence-electron chi connectivity index (χ4n) is 10.6. The van der Waals surface area contributed by atoms with Crippen molar-refractivity contribution in [3.63, 3.8) is 0 Å². The van der Waals surface area contributed by atoms with Crippen LogP contribution in [-0.4, -0.2) is 95.4 Å². The normalized spacial score (nSPS) is 12.7. The largest absolute Gasteiger partial charge is 0.507 e. The van der Waals surface area contributed by atoms with Gasteiger partial charge in [0, 0.05) is 47.6 Å². The van der Waals surface area contributed by atoms with E-state index >= 15 is 0 Å². The number of aromatic carboxylic acids is 4. The second-order valence-corrected chi connectivity index (χ2v) is 20.0. The van der Waals surface area contributed by atoms with Crippen molar-refractivity contribution in [1.29, 1.82) is 0 Å². The van der Waals surface area contributed by atoms with Crippen LogP contribution in [0, 0.1) is 0 Å². The molecule has 8 N–H and O–H groups in total. The Morgan fingerprint density at radius 1 is 0.420 bits per heavy atom. The molecular weight excluding hydrogens is 1030 g/mol. The van der Waals surface area contributed by atoms with Gasteiger partial charge in [-0.3, -0.25) is 4.90 Å². The first-order chi connectivity index (χ1) is 39.1. The maximum absolute atomic E-state index is 11.6. The van der Waals surface area contributed by atoms with Crippen LogP contribution in [-0.2, 0) is 19.3 Å². The highest BCUT2D eigenvalue weighted by molar-refractivity contribution is 6.04. The number of para-hydroxylation sites is 1. The molecule has 0 spiro atoms. The highest BCUT2D eigenvalue weighted by atomic mass is 16.5. The van der Waals surface area contributed by atoms with E-state index in [0.717, 1.165) is 18.8 Å². The third-order valence-electron chi connectivity index (χ3n) is 14.8. The van der Waals surface area contributed by atoms with E-state index < -0.39 is 46.9 Å². The number of aromatic hydroxyl groups is 4. The van der Waals surface area contributed by atoms with Crippen molar-refractivity contribution in [2.45, 2.75) is 51.5 Å². The van der Waals surface area contributed by atoms with Gasteiger partial charge in [0.05, 0.1) is 0 Å². The summed E-state index contributed by atoms with van der Waals surface area (Å²) >= 11 is 0. The summed E-state index contributed by atoms with van der Waals surface area (Å²) in [6, 6.07) is 53.1. The predicted molar refractivity (Wildman–Crippen MR) is 312 cm³/mol. The highest BCUT2D eigenvalue weighted by Gasteiger charge is 2.25. The van der Waals surface area contributed by atoms with Crippen molar-refractivity contribution in [1.82, 2.24) is 4.90 Å². The molecule has 14 nitrogen and oxygen atoms in total. The lowest BCUT2D eigenvalue weighted by Gasteiger charge is -2.32. The van der Waals surface area contributed by atoms with Gasteiger partial charge in [-0.05, 0) is 117 Å². The summed E-state index contributed by atoms with van der Waals surface area (Å²) in [6.07, 6.45) is 4.88. The Labute approximate surface area is 466 Å². The quantitative estimate of drug-likeness (QED) is 0.0505. The van der Waals surface area contributed by atoms with Crippen LogP contribution in [0.3, 0.4) is 0 Å². The van der Waals surface area contributed by atoms with Crippen molar-refractivity contribution < 1.29 is 64.8 Å². The summed E-state index contributed by atoms with van der Waals surface area (Å²) in [5.41, 5.74) is 2.82. The molecule has 0 radical (unpaired) electrons. The summed E-state index contributed by atoms with van der Waals surface area (Å²) in [7, 11) is 0. The van der Waals surface area contributed by atoms with Gasteiger partial charge in [0.15, 0.2) is 0 Å². The Hall–Kier alpha value is -9.92. The van der Waals surface area contributed by atoms with E-state index in [1.807, 2.05) is 0 Å². The molecule has 10 aromatic rings. The SMILES string of the molecule is CC(COc1ccccc1Cc1ccccc1)N1CCCCC1.O=C(O)c1cc2ccccc2c(Cc2c(O)c(C(=O)O)cc3ccccc23)c1O.O=C(O)c1cc2ccccc2c(Cc2c(O)c(C(=O)O)cc3ccccc23)c1O. The number of carbonyl (C=O) groups is 4. The number of phenols is 4. The Bertz CT molecular complexity index is 3590. The van der Waals surface area contributed by atoms with Crippen molar-refractivity contribution in [3.8, 4) is 28.7 Å².